The molecule has 2 aromatic carbocycles. The van der Waals surface area contributed by atoms with Crippen molar-refractivity contribution in [1.29, 1.82) is 0 Å². The Hall–Kier alpha value is -3.45. The van der Waals surface area contributed by atoms with Gasteiger partial charge >= 0.3 is 0 Å². The van der Waals surface area contributed by atoms with E-state index in [-0.39, 0.29) is 17.4 Å². The maximum absolute atomic E-state index is 13.8. The lowest BCUT2D eigenvalue weighted by Gasteiger charge is -2.32. The van der Waals surface area contributed by atoms with Crippen molar-refractivity contribution in [3.8, 4) is 11.5 Å². The largest absolute Gasteiger partial charge is 0.503 e. The second kappa shape index (κ2) is 9.30. The molecule has 1 fully saturated rings. The Morgan fingerprint density at radius 3 is 2.69 bits per heavy atom. The zero-order valence-corrected chi connectivity index (χ0v) is 20.3. The highest BCUT2D eigenvalue weighted by Gasteiger charge is 2.47. The number of hydrogen-bond donors (Lipinski definition) is 1. The number of methoxy groups -OCH3 is 1. The van der Waals surface area contributed by atoms with Crippen LogP contribution in [0.15, 0.2) is 58.2 Å². The molecule has 1 aliphatic carbocycles. The van der Waals surface area contributed by atoms with Crippen LogP contribution in [0.3, 0.4) is 0 Å². The molecule has 1 amide bonds. The van der Waals surface area contributed by atoms with Gasteiger partial charge in [0.25, 0.3) is 5.91 Å². The number of benzene rings is 2. The molecule has 2 heterocycles. The second-order valence-corrected chi connectivity index (χ2v) is 9.22. The summed E-state index contributed by atoms with van der Waals surface area (Å²) in [6, 6.07) is 11.3. The molecule has 8 heteroatoms. The van der Waals surface area contributed by atoms with Crippen LogP contribution in [0.2, 0.25) is 5.02 Å². The first-order valence-electron chi connectivity index (χ1n) is 11.7. The Morgan fingerprint density at radius 2 is 1.97 bits per heavy atom. The van der Waals surface area contributed by atoms with Crippen molar-refractivity contribution in [3.63, 3.8) is 0 Å². The van der Waals surface area contributed by atoms with Gasteiger partial charge in [0.15, 0.2) is 22.9 Å². The van der Waals surface area contributed by atoms with Gasteiger partial charge in [0.05, 0.1) is 25.3 Å². The molecule has 1 atom stereocenters. The van der Waals surface area contributed by atoms with Gasteiger partial charge in [-0.2, -0.15) is 0 Å². The second-order valence-electron chi connectivity index (χ2n) is 8.79. The summed E-state index contributed by atoms with van der Waals surface area (Å²) in [5.41, 5.74) is 1.06. The van der Waals surface area contributed by atoms with E-state index in [0.29, 0.717) is 39.7 Å². The zero-order chi connectivity index (χ0) is 24.7. The molecule has 1 N–H and O–H groups in total. The quantitative estimate of drug-likeness (QED) is 0.403. The molecule has 0 bridgehead atoms. The third kappa shape index (κ3) is 4.04. The van der Waals surface area contributed by atoms with Gasteiger partial charge in [-0.05, 0) is 49.6 Å². The van der Waals surface area contributed by atoms with Crippen molar-refractivity contribution < 1.29 is 28.6 Å². The van der Waals surface area contributed by atoms with E-state index in [9.17, 15) is 14.7 Å². The first kappa shape index (κ1) is 23.3. The number of furan rings is 1. The molecule has 0 spiro atoms. The van der Waals surface area contributed by atoms with Crippen molar-refractivity contribution >= 4 is 34.3 Å². The molecule has 1 aromatic heterocycles. The summed E-state index contributed by atoms with van der Waals surface area (Å²) in [6.07, 6.45) is 3.63. The summed E-state index contributed by atoms with van der Waals surface area (Å²) in [5.74, 6) is -0.624. The molecule has 1 unspecified atom stereocenters. The molecule has 35 heavy (non-hydrogen) atoms. The third-order valence-corrected chi connectivity index (χ3v) is 6.90. The number of rotatable bonds is 7. The minimum atomic E-state index is -0.753. The average molecular weight is 496 g/mol. The average Bonchev–Trinajstić information content (AvgIpc) is 3.57. The van der Waals surface area contributed by atoms with Crippen molar-refractivity contribution in [1.82, 2.24) is 4.90 Å². The summed E-state index contributed by atoms with van der Waals surface area (Å²) in [6.45, 7) is 2.37. The van der Waals surface area contributed by atoms with Crippen molar-refractivity contribution in [2.45, 2.75) is 44.7 Å². The molecule has 3 aromatic rings. The Morgan fingerprint density at radius 1 is 1.20 bits per heavy atom. The molecule has 0 saturated heterocycles. The van der Waals surface area contributed by atoms with Gasteiger partial charge in [-0.25, -0.2) is 0 Å². The van der Waals surface area contributed by atoms with Gasteiger partial charge in [-0.1, -0.05) is 36.6 Å². The van der Waals surface area contributed by atoms with Gasteiger partial charge in [-0.15, -0.1) is 0 Å². The monoisotopic (exact) mass is 495 g/mol. The fourth-order valence-corrected chi connectivity index (χ4v) is 5.38. The smallest absolute Gasteiger partial charge is 0.290 e. The standard InChI is InChI=1S/C27H26ClNO6/c1-3-34-19-10-6-7-15(12-19)23-22(25(31)27(32)29(23)18-8-4-5-9-18)24(30)20-13-16-11-17(28)14-21(33-2)26(16)35-20/h6-7,10-14,18,23,31H,3-5,8-9H2,1-2H3. The molecule has 2 aliphatic rings. The molecule has 5 rings (SSSR count). The van der Waals surface area contributed by atoms with Gasteiger partial charge < -0.3 is 23.9 Å². The van der Waals surface area contributed by atoms with E-state index in [2.05, 4.69) is 0 Å². The van der Waals surface area contributed by atoms with Crippen LogP contribution in [0.5, 0.6) is 11.5 Å². The number of aliphatic hydroxyl groups excluding tert-OH is 1. The van der Waals surface area contributed by atoms with E-state index in [0.717, 1.165) is 25.7 Å². The van der Waals surface area contributed by atoms with Crippen molar-refractivity contribution in [2.75, 3.05) is 13.7 Å². The van der Waals surface area contributed by atoms with Gasteiger partial charge in [0.2, 0.25) is 5.78 Å². The van der Waals surface area contributed by atoms with E-state index < -0.39 is 23.5 Å². The van der Waals surface area contributed by atoms with Gasteiger partial charge in [-0.3, -0.25) is 9.59 Å². The summed E-state index contributed by atoms with van der Waals surface area (Å²) in [5, 5.41) is 12.0. The predicted octanol–water partition coefficient (Wildman–Crippen LogP) is 6.01. The zero-order valence-electron chi connectivity index (χ0n) is 19.5. The minimum absolute atomic E-state index is 0.000307. The van der Waals surface area contributed by atoms with Crippen LogP contribution in [-0.4, -0.2) is 41.5 Å². The summed E-state index contributed by atoms with van der Waals surface area (Å²) >= 11 is 6.18. The fraction of sp³-hybridized carbons (Fsp3) is 0.333. The molecule has 7 nitrogen and oxygen atoms in total. The van der Waals surface area contributed by atoms with E-state index in [1.165, 1.54) is 7.11 Å². The normalized spacial score (nSPS) is 18.7. The van der Waals surface area contributed by atoms with E-state index in [1.54, 1.807) is 23.1 Å². The van der Waals surface area contributed by atoms with E-state index >= 15 is 0 Å². The number of Topliss-reactive ketones (excluding diaryl/α,β-unsaturated/α-hetero) is 1. The molecular weight excluding hydrogens is 470 g/mol. The lowest BCUT2D eigenvalue weighted by atomic mass is 9.94. The van der Waals surface area contributed by atoms with E-state index in [1.807, 2.05) is 31.2 Å². The molecule has 1 aliphatic heterocycles. The fourth-order valence-electron chi connectivity index (χ4n) is 5.16. The number of carbonyl (C=O) groups excluding carboxylic acids is 2. The maximum Gasteiger partial charge on any atom is 0.290 e. The number of fused-ring (bicyclic) bond motifs is 1. The van der Waals surface area contributed by atoms with Crippen LogP contribution in [0.25, 0.3) is 11.0 Å². The lowest BCUT2D eigenvalue weighted by molar-refractivity contribution is -0.131. The first-order chi connectivity index (χ1) is 16.9. The highest BCUT2D eigenvalue weighted by molar-refractivity contribution is 6.31. The van der Waals surface area contributed by atoms with Crippen LogP contribution in [0, 0.1) is 0 Å². The van der Waals surface area contributed by atoms with Crippen molar-refractivity contribution in [3.05, 3.63) is 70.1 Å². The molecular formula is C27H26ClNO6. The SMILES string of the molecule is CCOc1cccc(C2C(C(=O)c3cc4cc(Cl)cc(OC)c4o3)=C(O)C(=O)N2C2CCCC2)c1. The number of aliphatic hydroxyl groups is 1. The molecule has 1 saturated carbocycles. The Kier molecular flexibility index (Phi) is 6.19. The number of amides is 1. The Balaban J connectivity index is 1.62. The minimum Gasteiger partial charge on any atom is -0.503 e. The van der Waals surface area contributed by atoms with Crippen LogP contribution < -0.4 is 9.47 Å². The maximum atomic E-state index is 13.8. The highest BCUT2D eigenvalue weighted by Crippen LogP contribution is 2.44. The summed E-state index contributed by atoms with van der Waals surface area (Å²) < 4.78 is 16.9. The number of hydrogen-bond acceptors (Lipinski definition) is 6. The van der Waals surface area contributed by atoms with Crippen LogP contribution in [0.4, 0.5) is 0 Å². The lowest BCUT2D eigenvalue weighted by Crippen LogP contribution is -2.38. The third-order valence-electron chi connectivity index (χ3n) is 6.68. The number of halogens is 1. The Bertz CT molecular complexity index is 1340. The highest BCUT2D eigenvalue weighted by atomic mass is 35.5. The molecule has 0 radical (unpaired) electrons. The number of ketones is 1. The number of nitrogens with zero attached hydrogens (tertiary/aromatic N) is 1. The molecule has 182 valence electrons. The topological polar surface area (TPSA) is 89.2 Å². The summed E-state index contributed by atoms with van der Waals surface area (Å²) in [7, 11) is 1.49. The number of ether oxygens (including phenoxy) is 2. The number of carbonyl (C=O) groups is 2. The van der Waals surface area contributed by atoms with Crippen LogP contribution in [-0.2, 0) is 4.79 Å². The summed E-state index contributed by atoms with van der Waals surface area (Å²) in [4.78, 5) is 28.8. The van der Waals surface area contributed by atoms with Gasteiger partial charge in [0.1, 0.15) is 5.75 Å². The van der Waals surface area contributed by atoms with Crippen LogP contribution >= 0.6 is 11.6 Å². The van der Waals surface area contributed by atoms with Crippen LogP contribution in [0.1, 0.15) is 54.8 Å². The Labute approximate surface area is 207 Å². The van der Waals surface area contributed by atoms with Crippen molar-refractivity contribution in [2.24, 2.45) is 0 Å². The van der Waals surface area contributed by atoms with Gasteiger partial charge in [0, 0.05) is 22.5 Å². The first-order valence-corrected chi connectivity index (χ1v) is 12.1. The predicted molar refractivity (Wildman–Crippen MR) is 131 cm³/mol. The van der Waals surface area contributed by atoms with E-state index in [4.69, 9.17) is 25.5 Å².